The molecular formula is C9H7F3N2O3S2. The molecule has 0 aliphatic rings. The van der Waals surface area contributed by atoms with Crippen LogP contribution in [0.15, 0.2) is 21.9 Å². The summed E-state index contributed by atoms with van der Waals surface area (Å²) in [4.78, 5) is 0. The van der Waals surface area contributed by atoms with Gasteiger partial charge in [0.15, 0.2) is 4.21 Å². The Kier molecular flexibility index (Phi) is 3.19. The number of halogens is 3. The number of aromatic nitrogens is 2. The van der Waals surface area contributed by atoms with Crippen molar-refractivity contribution in [3.05, 3.63) is 23.3 Å². The molecule has 0 spiro atoms. The second-order valence-corrected chi connectivity index (χ2v) is 6.16. The molecule has 2 aromatic rings. The van der Waals surface area contributed by atoms with Gasteiger partial charge in [0.25, 0.3) is 0 Å². The van der Waals surface area contributed by atoms with E-state index in [1.807, 2.05) is 0 Å². The minimum Gasteiger partial charge on any atom is -0.281 e. The molecule has 2 heterocycles. The van der Waals surface area contributed by atoms with Crippen LogP contribution in [0.2, 0.25) is 0 Å². The van der Waals surface area contributed by atoms with Gasteiger partial charge in [0, 0.05) is 18.2 Å². The van der Waals surface area contributed by atoms with Crippen molar-refractivity contribution in [3.8, 4) is 11.1 Å². The molecule has 0 bridgehead atoms. The SMILES string of the molecule is Cn1ncc(-c2ccsc2S(=O)(=O)O)c1C(F)(F)F. The van der Waals surface area contributed by atoms with Crippen LogP contribution >= 0.6 is 11.3 Å². The number of rotatable bonds is 2. The molecule has 1 N–H and O–H groups in total. The molecule has 0 fully saturated rings. The number of thiophene rings is 1. The molecule has 0 amide bonds. The first kappa shape index (κ1) is 14.0. The highest BCUT2D eigenvalue weighted by atomic mass is 32.3. The van der Waals surface area contributed by atoms with E-state index < -0.39 is 26.2 Å². The Morgan fingerprint density at radius 3 is 2.53 bits per heavy atom. The summed E-state index contributed by atoms with van der Waals surface area (Å²) in [5, 5.41) is 4.77. The van der Waals surface area contributed by atoms with Crippen LogP contribution < -0.4 is 0 Å². The summed E-state index contributed by atoms with van der Waals surface area (Å²) in [6, 6.07) is 1.19. The first-order valence-corrected chi connectivity index (χ1v) is 7.09. The third-order valence-corrected chi connectivity index (χ3v) is 4.68. The van der Waals surface area contributed by atoms with Gasteiger partial charge in [-0.15, -0.1) is 11.3 Å². The number of hydrogen-bond acceptors (Lipinski definition) is 4. The number of nitrogens with zero attached hydrogens (tertiary/aromatic N) is 2. The Morgan fingerprint density at radius 1 is 1.37 bits per heavy atom. The summed E-state index contributed by atoms with van der Waals surface area (Å²) in [5.74, 6) is 0. The van der Waals surface area contributed by atoms with Gasteiger partial charge in [0.05, 0.1) is 6.20 Å². The molecular weight excluding hydrogens is 305 g/mol. The molecule has 0 aromatic carbocycles. The maximum Gasteiger partial charge on any atom is 0.433 e. The zero-order valence-corrected chi connectivity index (χ0v) is 11.0. The zero-order valence-electron chi connectivity index (χ0n) is 9.34. The highest BCUT2D eigenvalue weighted by molar-refractivity contribution is 7.88. The maximum atomic E-state index is 12.9. The van der Waals surface area contributed by atoms with Crippen molar-refractivity contribution in [2.24, 2.45) is 7.05 Å². The normalized spacial score (nSPS) is 12.9. The van der Waals surface area contributed by atoms with Crippen molar-refractivity contribution in [1.82, 2.24) is 9.78 Å². The molecule has 10 heteroatoms. The highest BCUT2D eigenvalue weighted by Crippen LogP contribution is 2.40. The lowest BCUT2D eigenvalue weighted by molar-refractivity contribution is -0.143. The minimum atomic E-state index is -4.68. The fourth-order valence-corrected chi connectivity index (χ4v) is 3.41. The van der Waals surface area contributed by atoms with Gasteiger partial charge >= 0.3 is 16.3 Å². The lowest BCUT2D eigenvalue weighted by Crippen LogP contribution is -2.13. The smallest absolute Gasteiger partial charge is 0.281 e. The summed E-state index contributed by atoms with van der Waals surface area (Å²) in [7, 11) is -3.47. The number of alkyl halides is 3. The second kappa shape index (κ2) is 4.32. The van der Waals surface area contributed by atoms with E-state index in [-0.39, 0.29) is 11.1 Å². The van der Waals surface area contributed by atoms with Crippen LogP contribution in [0.1, 0.15) is 5.69 Å². The lowest BCUT2D eigenvalue weighted by atomic mass is 10.1. The second-order valence-electron chi connectivity index (χ2n) is 3.63. The van der Waals surface area contributed by atoms with Crippen LogP contribution in [0.5, 0.6) is 0 Å². The van der Waals surface area contributed by atoms with Crippen molar-refractivity contribution in [1.29, 1.82) is 0 Å². The van der Waals surface area contributed by atoms with Gasteiger partial charge in [0.1, 0.15) is 5.69 Å². The minimum absolute atomic E-state index is 0.215. The third-order valence-electron chi connectivity index (χ3n) is 2.36. The molecule has 2 aromatic heterocycles. The summed E-state index contributed by atoms with van der Waals surface area (Å²) in [6.07, 6.45) is -3.77. The molecule has 0 atom stereocenters. The predicted octanol–water partition coefficient (Wildman–Crippen LogP) is 2.41. The summed E-state index contributed by atoms with van der Waals surface area (Å²) in [6.45, 7) is 0. The van der Waals surface area contributed by atoms with Crippen molar-refractivity contribution < 1.29 is 26.1 Å². The number of hydrogen-bond donors (Lipinski definition) is 1. The van der Waals surface area contributed by atoms with E-state index in [0.717, 1.165) is 13.2 Å². The molecule has 0 radical (unpaired) electrons. The van der Waals surface area contributed by atoms with Crippen molar-refractivity contribution in [2.75, 3.05) is 0 Å². The van der Waals surface area contributed by atoms with Gasteiger partial charge in [-0.2, -0.15) is 26.7 Å². The molecule has 5 nitrogen and oxygen atoms in total. The van der Waals surface area contributed by atoms with E-state index in [1.54, 1.807) is 0 Å². The molecule has 0 aliphatic carbocycles. The van der Waals surface area contributed by atoms with Gasteiger partial charge in [-0.25, -0.2) is 0 Å². The fourth-order valence-electron chi connectivity index (χ4n) is 1.67. The van der Waals surface area contributed by atoms with Gasteiger partial charge in [0.2, 0.25) is 0 Å². The Balaban J connectivity index is 2.72. The van der Waals surface area contributed by atoms with Crippen LogP contribution in [0.25, 0.3) is 11.1 Å². The average Bonchev–Trinajstić information content (AvgIpc) is 2.79. The van der Waals surface area contributed by atoms with Gasteiger partial charge in [-0.05, 0) is 11.4 Å². The van der Waals surface area contributed by atoms with Crippen LogP contribution in [-0.4, -0.2) is 22.8 Å². The standard InChI is InChI=1S/C9H7F3N2O3S2/c1-14-7(9(10,11)12)6(4-13-14)5-2-3-18-8(5)19(15,16)17/h2-4H,1H3,(H,15,16,17). The Labute approximate surface area is 110 Å². The lowest BCUT2D eigenvalue weighted by Gasteiger charge is -2.09. The Hall–Kier alpha value is -1.39. The van der Waals surface area contributed by atoms with E-state index in [9.17, 15) is 21.6 Å². The molecule has 0 unspecified atom stereocenters. The summed E-state index contributed by atoms with van der Waals surface area (Å²) >= 11 is 0.638. The molecule has 104 valence electrons. The molecule has 0 saturated heterocycles. The number of aryl methyl sites for hydroxylation is 1. The largest absolute Gasteiger partial charge is 0.433 e. The summed E-state index contributed by atoms with van der Waals surface area (Å²) < 4.78 is 70.0. The van der Waals surface area contributed by atoms with E-state index in [2.05, 4.69) is 5.10 Å². The molecule has 0 saturated carbocycles. The summed E-state index contributed by atoms with van der Waals surface area (Å²) in [5.41, 5.74) is -1.67. The third kappa shape index (κ3) is 2.51. The van der Waals surface area contributed by atoms with Gasteiger partial charge in [-0.1, -0.05) is 0 Å². The average molecular weight is 312 g/mol. The quantitative estimate of drug-likeness (QED) is 0.864. The monoisotopic (exact) mass is 312 g/mol. The molecule has 19 heavy (non-hydrogen) atoms. The van der Waals surface area contributed by atoms with Crippen LogP contribution in [0, 0.1) is 0 Å². The van der Waals surface area contributed by atoms with E-state index in [1.165, 1.54) is 11.4 Å². The van der Waals surface area contributed by atoms with Crippen molar-refractivity contribution in [3.63, 3.8) is 0 Å². The van der Waals surface area contributed by atoms with Crippen LogP contribution in [0.3, 0.4) is 0 Å². The molecule has 0 aliphatic heterocycles. The van der Waals surface area contributed by atoms with Gasteiger partial charge < -0.3 is 0 Å². The van der Waals surface area contributed by atoms with E-state index in [4.69, 9.17) is 4.55 Å². The maximum absolute atomic E-state index is 12.9. The van der Waals surface area contributed by atoms with E-state index in [0.29, 0.717) is 16.0 Å². The van der Waals surface area contributed by atoms with Gasteiger partial charge in [-0.3, -0.25) is 9.23 Å². The van der Waals surface area contributed by atoms with Crippen LogP contribution in [0.4, 0.5) is 13.2 Å². The first-order valence-electron chi connectivity index (χ1n) is 4.77. The predicted molar refractivity (Wildman–Crippen MR) is 61.3 cm³/mol. The van der Waals surface area contributed by atoms with Crippen molar-refractivity contribution in [2.45, 2.75) is 10.4 Å². The van der Waals surface area contributed by atoms with Crippen LogP contribution in [-0.2, 0) is 23.3 Å². The fraction of sp³-hybridized carbons (Fsp3) is 0.222. The zero-order chi connectivity index (χ0) is 14.4. The topological polar surface area (TPSA) is 72.2 Å². The van der Waals surface area contributed by atoms with E-state index >= 15 is 0 Å². The Morgan fingerprint density at radius 2 is 2.00 bits per heavy atom. The highest BCUT2D eigenvalue weighted by Gasteiger charge is 2.39. The Bertz CT molecular complexity index is 715. The first-order chi connectivity index (χ1) is 8.62. The van der Waals surface area contributed by atoms with Crippen molar-refractivity contribution >= 4 is 21.5 Å². The molecule has 2 rings (SSSR count).